The van der Waals surface area contributed by atoms with Crippen LogP contribution in [0.1, 0.15) is 6.92 Å². The molecule has 0 aromatic rings. The van der Waals surface area contributed by atoms with Crippen LogP contribution in [0.2, 0.25) is 0 Å². The van der Waals surface area contributed by atoms with Crippen LogP contribution >= 0.6 is 24.3 Å². The number of amides is 1. The Bertz CT molecular complexity index is 224. The molecule has 0 radical (unpaired) electrons. The van der Waals surface area contributed by atoms with Crippen molar-refractivity contribution in [3.63, 3.8) is 0 Å². The highest BCUT2D eigenvalue weighted by molar-refractivity contribution is 7.94. The summed E-state index contributed by atoms with van der Waals surface area (Å²) in [6.07, 6.45) is 0. The number of carbonyl (C=O) groups excluding carboxylic acids is 1. The predicted octanol–water partition coefficient (Wildman–Crippen LogP) is -0.874. The molecule has 1 atom stereocenters. The van der Waals surface area contributed by atoms with E-state index in [-0.39, 0.29) is 18.5 Å². The third-order valence-electron chi connectivity index (χ3n) is 1.58. The normalized spacial score (nSPS) is 14.3. The lowest BCUT2D eigenvalue weighted by Gasteiger charge is -2.19. The number of nitrogens with two attached hydrogens (primary N) is 1. The van der Waals surface area contributed by atoms with E-state index in [0.717, 1.165) is 11.5 Å². The molecule has 0 heterocycles. The van der Waals surface area contributed by atoms with Crippen molar-refractivity contribution in [1.82, 2.24) is 10.6 Å². The summed E-state index contributed by atoms with van der Waals surface area (Å²) in [7, 11) is 1.60. The molecule has 7 heteroatoms. The number of thiol groups is 2. The van der Waals surface area contributed by atoms with E-state index in [9.17, 15) is 4.79 Å². The number of carbonyl (C=O) groups is 1. The highest BCUT2D eigenvalue weighted by Gasteiger charge is 2.14. The summed E-state index contributed by atoms with van der Waals surface area (Å²) >= 11 is 4.87. The van der Waals surface area contributed by atoms with E-state index in [2.05, 4.69) is 23.3 Å². The van der Waals surface area contributed by atoms with Gasteiger partial charge in [-0.1, -0.05) is 18.6 Å². The minimum Gasteiger partial charge on any atom is -0.346 e. The quantitative estimate of drug-likeness (QED) is 0.315. The number of nitrogens with one attached hydrogen (secondary N) is 2. The van der Waals surface area contributed by atoms with Crippen molar-refractivity contribution < 1.29 is 8.98 Å². The van der Waals surface area contributed by atoms with Crippen molar-refractivity contribution in [2.24, 2.45) is 5.73 Å². The maximum Gasteiger partial charge on any atom is 0.234 e. The van der Waals surface area contributed by atoms with Gasteiger partial charge in [0.05, 0.1) is 17.6 Å². The van der Waals surface area contributed by atoms with E-state index >= 15 is 0 Å². The lowest BCUT2D eigenvalue weighted by atomic mass is 10.3. The lowest BCUT2D eigenvalue weighted by Crippen LogP contribution is -2.49. The Morgan fingerprint density at radius 3 is 2.73 bits per heavy atom. The molecule has 0 bridgehead atoms. The van der Waals surface area contributed by atoms with Gasteiger partial charge in [0.25, 0.3) is 0 Å². The van der Waals surface area contributed by atoms with Gasteiger partial charge in [0, 0.05) is 12.9 Å². The van der Waals surface area contributed by atoms with Crippen LogP contribution in [0.5, 0.6) is 0 Å². The Kier molecular flexibility index (Phi) is 9.12. The monoisotopic (exact) mass is 253 g/mol. The second-order valence-electron chi connectivity index (χ2n) is 2.70. The van der Waals surface area contributed by atoms with Gasteiger partial charge in [0.2, 0.25) is 5.91 Å². The summed E-state index contributed by atoms with van der Waals surface area (Å²) in [4.78, 5) is 12.0. The van der Waals surface area contributed by atoms with Gasteiger partial charge >= 0.3 is 0 Å². The highest BCUT2D eigenvalue weighted by atomic mass is 32.2. The molecule has 0 spiro atoms. The van der Waals surface area contributed by atoms with E-state index in [4.69, 9.17) is 9.92 Å². The summed E-state index contributed by atoms with van der Waals surface area (Å²) in [5.74, 6) is 0.306. The van der Waals surface area contributed by atoms with Crippen LogP contribution in [0.3, 0.4) is 0 Å². The molecule has 0 rings (SSSR count). The van der Waals surface area contributed by atoms with E-state index in [1.807, 2.05) is 6.92 Å². The van der Waals surface area contributed by atoms with Crippen molar-refractivity contribution in [2.75, 3.05) is 26.0 Å². The van der Waals surface area contributed by atoms with Gasteiger partial charge in [-0.15, -0.1) is 0 Å². The van der Waals surface area contributed by atoms with Gasteiger partial charge in [-0.3, -0.25) is 10.1 Å². The Balaban J connectivity index is 4.44. The van der Waals surface area contributed by atoms with Gasteiger partial charge in [0.15, 0.2) is 0 Å². The first kappa shape index (κ1) is 14.9. The van der Waals surface area contributed by atoms with Crippen LogP contribution < -0.4 is 16.4 Å². The van der Waals surface area contributed by atoms with Gasteiger partial charge < -0.3 is 15.2 Å². The number of likely N-dealkylation sites (N-methyl/N-ethyl adjacent to an activating group) is 1. The average molecular weight is 253 g/mol. The second-order valence-corrected chi connectivity index (χ2v) is 4.09. The molecule has 1 amide bonds. The molecule has 0 aliphatic carbocycles. The Morgan fingerprint density at radius 2 is 2.33 bits per heavy atom. The highest BCUT2D eigenvalue weighted by Crippen LogP contribution is 1.98. The van der Waals surface area contributed by atoms with Crippen LogP contribution in [0.15, 0.2) is 0 Å². The summed E-state index contributed by atoms with van der Waals surface area (Å²) in [6, 6.07) is -0.161. The van der Waals surface area contributed by atoms with Crippen LogP contribution in [0, 0.1) is 0 Å². The standard InChI is InChI=1S/C8H19N3O2S2/c1-3-10-8(15-13-2)6(5-14)11-7(12)4-9/h6,10,14-15H,3-5,9H2,1-2H3,(H,11,12). The molecular weight excluding hydrogens is 234 g/mol. The van der Waals surface area contributed by atoms with Crippen molar-refractivity contribution in [2.45, 2.75) is 13.0 Å². The van der Waals surface area contributed by atoms with E-state index in [1.54, 1.807) is 7.11 Å². The fourth-order valence-electron chi connectivity index (χ4n) is 0.952. The summed E-state index contributed by atoms with van der Waals surface area (Å²) in [6.45, 7) is 2.73. The molecule has 5 nitrogen and oxygen atoms in total. The smallest absolute Gasteiger partial charge is 0.234 e. The Hall–Kier alpha value is -0.0800. The van der Waals surface area contributed by atoms with Gasteiger partial charge in [-0.25, -0.2) is 0 Å². The maximum absolute atomic E-state index is 11.1. The molecular formula is C8H19N3O2S2. The van der Waals surface area contributed by atoms with Crippen LogP contribution in [0.25, 0.3) is 0 Å². The first-order valence-corrected chi connectivity index (χ1v) is 6.09. The molecule has 15 heavy (non-hydrogen) atoms. The first-order valence-electron chi connectivity index (χ1n) is 4.64. The van der Waals surface area contributed by atoms with Crippen molar-refractivity contribution in [3.8, 4) is 0 Å². The largest absolute Gasteiger partial charge is 0.346 e. The van der Waals surface area contributed by atoms with Crippen LogP contribution in [0.4, 0.5) is 0 Å². The first-order chi connectivity index (χ1) is 7.19. The zero-order valence-electron chi connectivity index (χ0n) is 8.99. The average Bonchev–Trinajstić information content (AvgIpc) is 2.25. The van der Waals surface area contributed by atoms with Crippen LogP contribution in [-0.2, 0) is 8.98 Å². The molecule has 0 saturated heterocycles. The predicted molar refractivity (Wildman–Crippen MR) is 69.5 cm³/mol. The van der Waals surface area contributed by atoms with E-state index in [0.29, 0.717) is 17.4 Å². The summed E-state index contributed by atoms with van der Waals surface area (Å²) in [5.41, 5.74) is 5.22. The molecule has 0 aliphatic heterocycles. The fourth-order valence-corrected chi connectivity index (χ4v) is 2.07. The second kappa shape index (κ2) is 9.17. The van der Waals surface area contributed by atoms with Gasteiger partial charge in [-0.2, -0.15) is 12.6 Å². The lowest BCUT2D eigenvalue weighted by molar-refractivity contribution is -0.119. The molecule has 0 aromatic carbocycles. The summed E-state index contributed by atoms with van der Waals surface area (Å²) in [5, 5.41) is 5.90. The number of hydrogen-bond donors (Lipinski definition) is 5. The van der Waals surface area contributed by atoms with E-state index < -0.39 is 0 Å². The van der Waals surface area contributed by atoms with Crippen molar-refractivity contribution >= 4 is 35.2 Å². The molecule has 0 saturated carbocycles. The molecule has 0 aliphatic rings. The zero-order valence-corrected chi connectivity index (χ0v) is 10.8. The number of rotatable bonds is 6. The minimum atomic E-state index is -0.198. The van der Waals surface area contributed by atoms with E-state index in [1.165, 1.54) is 0 Å². The molecule has 0 aromatic heterocycles. The van der Waals surface area contributed by atoms with Gasteiger partial charge in [-0.05, 0) is 6.54 Å². The molecule has 0 fully saturated rings. The third-order valence-corrected chi connectivity index (χ3v) is 2.79. The zero-order chi connectivity index (χ0) is 11.7. The Labute approximate surface area is 99.7 Å². The Morgan fingerprint density at radius 1 is 1.67 bits per heavy atom. The number of hydrogen-bond acceptors (Lipinski definition) is 4. The van der Waals surface area contributed by atoms with Crippen molar-refractivity contribution in [3.05, 3.63) is 0 Å². The van der Waals surface area contributed by atoms with Crippen molar-refractivity contribution in [1.29, 1.82) is 0 Å². The SMILES string of the molecule is CCNC(=[SH]OC)C(CS)NC(=O)CN. The minimum absolute atomic E-state index is 0.0203. The summed E-state index contributed by atoms with van der Waals surface area (Å²) < 4.78 is 5.01. The van der Waals surface area contributed by atoms with Gasteiger partial charge in [0.1, 0.15) is 0 Å². The maximum atomic E-state index is 11.1. The molecule has 90 valence electrons. The topological polar surface area (TPSA) is 76.4 Å². The van der Waals surface area contributed by atoms with Crippen LogP contribution in [-0.4, -0.2) is 42.9 Å². The third kappa shape index (κ3) is 6.16. The fraction of sp³-hybridized carbons (Fsp3) is 0.750. The molecule has 4 N–H and O–H groups in total. The molecule has 1 unspecified atom stereocenters.